The van der Waals surface area contributed by atoms with Gasteiger partial charge in [0.2, 0.25) is 0 Å². The van der Waals surface area contributed by atoms with E-state index >= 15 is 0 Å². The fourth-order valence-electron chi connectivity index (χ4n) is 3.41. The number of allylic oxidation sites excluding steroid dienone is 2. The van der Waals surface area contributed by atoms with E-state index in [1.807, 2.05) is 20.8 Å². The normalized spacial score (nSPS) is 19.1. The Hall–Kier alpha value is -1.57. The highest BCUT2D eigenvalue weighted by molar-refractivity contribution is 5.69. The van der Waals surface area contributed by atoms with E-state index in [4.69, 9.17) is 4.74 Å². The Morgan fingerprint density at radius 1 is 1.17 bits per heavy atom. The molecule has 1 aliphatic rings. The van der Waals surface area contributed by atoms with Crippen molar-refractivity contribution in [2.75, 3.05) is 0 Å². The Balaban J connectivity index is 1.76. The van der Waals surface area contributed by atoms with Crippen LogP contribution >= 0.6 is 0 Å². The van der Waals surface area contributed by atoms with Gasteiger partial charge in [-0.15, -0.1) is 0 Å². The molecular weight excluding hydrogens is 296 g/mol. The van der Waals surface area contributed by atoms with Crippen molar-refractivity contribution in [2.45, 2.75) is 77.7 Å². The zero-order chi connectivity index (χ0) is 17.4. The third-order valence-corrected chi connectivity index (χ3v) is 4.57. The lowest BCUT2D eigenvalue weighted by Crippen LogP contribution is -2.24. The predicted octanol–water partition coefficient (Wildman–Crippen LogP) is 5.86. The molecule has 0 N–H and O–H groups in total. The lowest BCUT2D eigenvalue weighted by atomic mass is 9.87. The monoisotopic (exact) mass is 328 g/mol. The molecule has 0 amide bonds. The maximum absolute atomic E-state index is 11.9. The number of carbonyl (C=O) groups is 1. The van der Waals surface area contributed by atoms with Gasteiger partial charge in [0.15, 0.2) is 0 Å². The highest BCUT2D eigenvalue weighted by atomic mass is 16.6. The number of hydrogen-bond acceptors (Lipinski definition) is 2. The lowest BCUT2D eigenvalue weighted by Gasteiger charge is -2.22. The molecule has 24 heavy (non-hydrogen) atoms. The standard InChI is InChI=1S/C22H32O2/c1-22(2,3)24-21(23)16-15-18-11-7-13-20(14-8-12-18)17-19-9-5-4-6-10-19/h4-6,9-10,13,18H,7-8,11-12,14-17H2,1-3H3. The molecule has 0 heterocycles. The molecule has 0 saturated heterocycles. The largest absolute Gasteiger partial charge is 0.460 e. The van der Waals surface area contributed by atoms with Crippen LogP contribution < -0.4 is 0 Å². The topological polar surface area (TPSA) is 26.3 Å². The van der Waals surface area contributed by atoms with E-state index in [0.29, 0.717) is 12.3 Å². The summed E-state index contributed by atoms with van der Waals surface area (Å²) in [6, 6.07) is 10.7. The quantitative estimate of drug-likeness (QED) is 0.500. The molecule has 0 radical (unpaired) electrons. The Labute approximate surface area is 147 Å². The highest BCUT2D eigenvalue weighted by Gasteiger charge is 2.18. The number of hydrogen-bond donors (Lipinski definition) is 0. The van der Waals surface area contributed by atoms with Crippen molar-refractivity contribution in [1.29, 1.82) is 0 Å². The van der Waals surface area contributed by atoms with Crippen LogP contribution in [-0.4, -0.2) is 11.6 Å². The second kappa shape index (κ2) is 9.05. The van der Waals surface area contributed by atoms with Crippen molar-refractivity contribution in [3.63, 3.8) is 0 Å². The van der Waals surface area contributed by atoms with Crippen molar-refractivity contribution in [3.8, 4) is 0 Å². The summed E-state index contributed by atoms with van der Waals surface area (Å²) in [6.45, 7) is 5.79. The number of esters is 1. The first-order valence-corrected chi connectivity index (χ1v) is 9.36. The summed E-state index contributed by atoms with van der Waals surface area (Å²) in [5, 5.41) is 0. The maximum atomic E-state index is 11.9. The van der Waals surface area contributed by atoms with Gasteiger partial charge in [0.1, 0.15) is 5.60 Å². The third kappa shape index (κ3) is 7.33. The summed E-state index contributed by atoms with van der Waals surface area (Å²) < 4.78 is 5.42. The maximum Gasteiger partial charge on any atom is 0.306 e. The van der Waals surface area contributed by atoms with E-state index < -0.39 is 0 Å². The van der Waals surface area contributed by atoms with Gasteiger partial charge in [-0.25, -0.2) is 0 Å². The van der Waals surface area contributed by atoms with Gasteiger partial charge in [-0.2, -0.15) is 0 Å². The summed E-state index contributed by atoms with van der Waals surface area (Å²) in [5.41, 5.74) is 2.62. The summed E-state index contributed by atoms with van der Waals surface area (Å²) in [7, 11) is 0. The number of carbonyl (C=O) groups excluding carboxylic acids is 1. The Morgan fingerprint density at radius 2 is 1.92 bits per heavy atom. The minimum absolute atomic E-state index is 0.0510. The van der Waals surface area contributed by atoms with E-state index in [2.05, 4.69) is 36.4 Å². The van der Waals surface area contributed by atoms with Crippen LogP contribution in [0.3, 0.4) is 0 Å². The Kier molecular flexibility index (Phi) is 7.08. The summed E-state index contributed by atoms with van der Waals surface area (Å²) in [4.78, 5) is 11.9. The molecule has 1 aromatic rings. The molecule has 1 atom stereocenters. The van der Waals surface area contributed by atoms with Crippen LogP contribution in [-0.2, 0) is 16.0 Å². The Bertz CT molecular complexity index is 537. The van der Waals surface area contributed by atoms with Crippen molar-refractivity contribution >= 4 is 5.97 Å². The van der Waals surface area contributed by atoms with Crippen LogP contribution in [0, 0.1) is 5.92 Å². The van der Waals surface area contributed by atoms with Crippen molar-refractivity contribution in [3.05, 3.63) is 47.5 Å². The average molecular weight is 328 g/mol. The molecular formula is C22H32O2. The van der Waals surface area contributed by atoms with Crippen LogP contribution in [0.1, 0.15) is 71.3 Å². The van der Waals surface area contributed by atoms with Gasteiger partial charge in [0, 0.05) is 6.42 Å². The molecule has 1 aromatic carbocycles. The zero-order valence-electron chi connectivity index (χ0n) is 15.5. The summed E-state index contributed by atoms with van der Waals surface area (Å²) >= 11 is 0. The van der Waals surface area contributed by atoms with Crippen LogP contribution in [0.25, 0.3) is 0 Å². The lowest BCUT2D eigenvalue weighted by molar-refractivity contribution is -0.155. The van der Waals surface area contributed by atoms with E-state index in [1.165, 1.54) is 31.2 Å². The minimum Gasteiger partial charge on any atom is -0.460 e. The first-order valence-electron chi connectivity index (χ1n) is 9.36. The van der Waals surface area contributed by atoms with Gasteiger partial charge in [0.25, 0.3) is 0 Å². The van der Waals surface area contributed by atoms with Crippen LogP contribution in [0.15, 0.2) is 42.0 Å². The van der Waals surface area contributed by atoms with Crippen LogP contribution in [0.4, 0.5) is 0 Å². The molecule has 0 fully saturated rings. The predicted molar refractivity (Wildman–Crippen MR) is 99.9 cm³/mol. The van der Waals surface area contributed by atoms with E-state index in [9.17, 15) is 4.79 Å². The molecule has 1 aliphatic carbocycles. The highest BCUT2D eigenvalue weighted by Crippen LogP contribution is 2.27. The molecule has 0 aliphatic heterocycles. The number of benzene rings is 1. The summed E-state index contributed by atoms with van der Waals surface area (Å²) in [5.74, 6) is 0.608. The number of rotatable bonds is 5. The smallest absolute Gasteiger partial charge is 0.306 e. The first-order chi connectivity index (χ1) is 11.4. The van der Waals surface area contributed by atoms with Gasteiger partial charge in [-0.3, -0.25) is 4.79 Å². The average Bonchev–Trinajstić information content (AvgIpc) is 2.48. The van der Waals surface area contributed by atoms with Crippen molar-refractivity contribution < 1.29 is 9.53 Å². The second-order valence-corrected chi connectivity index (χ2v) is 7.99. The molecule has 0 bridgehead atoms. The Morgan fingerprint density at radius 3 is 2.62 bits per heavy atom. The van der Waals surface area contributed by atoms with Gasteiger partial charge in [-0.05, 0) is 70.8 Å². The van der Waals surface area contributed by atoms with Gasteiger partial charge >= 0.3 is 5.97 Å². The van der Waals surface area contributed by atoms with E-state index in [-0.39, 0.29) is 11.6 Å². The van der Waals surface area contributed by atoms with Gasteiger partial charge in [0.05, 0.1) is 0 Å². The second-order valence-electron chi connectivity index (χ2n) is 7.99. The molecule has 1 unspecified atom stereocenters. The third-order valence-electron chi connectivity index (χ3n) is 4.57. The van der Waals surface area contributed by atoms with Gasteiger partial charge < -0.3 is 4.74 Å². The number of ether oxygens (including phenoxy) is 1. The summed E-state index contributed by atoms with van der Waals surface area (Å²) in [6.07, 6.45) is 11.0. The molecule has 2 nitrogen and oxygen atoms in total. The van der Waals surface area contributed by atoms with Crippen LogP contribution in [0.2, 0.25) is 0 Å². The van der Waals surface area contributed by atoms with Crippen LogP contribution in [0.5, 0.6) is 0 Å². The van der Waals surface area contributed by atoms with E-state index in [0.717, 1.165) is 19.3 Å². The molecule has 0 spiro atoms. The fraction of sp³-hybridized carbons (Fsp3) is 0.591. The molecule has 2 heteroatoms. The van der Waals surface area contributed by atoms with Crippen molar-refractivity contribution in [1.82, 2.24) is 0 Å². The molecule has 132 valence electrons. The SMILES string of the molecule is CC(C)(C)OC(=O)CCC1CCC=C(Cc2ccccc2)CCC1. The molecule has 0 saturated carbocycles. The molecule has 2 rings (SSSR count). The first kappa shape index (κ1) is 18.8. The minimum atomic E-state index is -0.368. The van der Waals surface area contributed by atoms with E-state index in [1.54, 1.807) is 5.57 Å². The van der Waals surface area contributed by atoms with Gasteiger partial charge in [-0.1, -0.05) is 48.4 Å². The fourth-order valence-corrected chi connectivity index (χ4v) is 3.41. The molecule has 0 aromatic heterocycles. The zero-order valence-corrected chi connectivity index (χ0v) is 15.5. The van der Waals surface area contributed by atoms with Crippen molar-refractivity contribution in [2.24, 2.45) is 5.92 Å².